The van der Waals surface area contributed by atoms with E-state index in [1.54, 1.807) is 0 Å². The second kappa shape index (κ2) is 20.5. The summed E-state index contributed by atoms with van der Waals surface area (Å²) < 4.78 is 0. The van der Waals surface area contributed by atoms with Crippen LogP contribution in [0, 0.1) is 0 Å². The normalized spacial score (nSPS) is 11.4. The lowest BCUT2D eigenvalue weighted by Crippen LogP contribution is -1.96. The molecular formula is C23H44O. The molecule has 0 atom stereocenters. The standard InChI is InChI=1S/C23H44O/c1-3-5-7-8-9-10-11-12-13-14-15-16-17-18-19-20-22-23(24)21-6-4-2/h12-13H,3-11,14-22H2,1-2H3/b13-12-. The maximum atomic E-state index is 11.5. The number of allylic oxidation sites excluding steroid dienone is 2. The van der Waals surface area contributed by atoms with Gasteiger partial charge in [0.25, 0.3) is 0 Å². The predicted molar refractivity (Wildman–Crippen MR) is 109 cm³/mol. The molecule has 0 rings (SSSR count). The van der Waals surface area contributed by atoms with Gasteiger partial charge in [-0.15, -0.1) is 0 Å². The zero-order valence-electron chi connectivity index (χ0n) is 16.8. The number of carbonyl (C=O) groups is 1. The van der Waals surface area contributed by atoms with Gasteiger partial charge in [-0.2, -0.15) is 0 Å². The van der Waals surface area contributed by atoms with E-state index in [-0.39, 0.29) is 0 Å². The Morgan fingerprint density at radius 3 is 1.50 bits per heavy atom. The summed E-state index contributed by atoms with van der Waals surface area (Å²) in [7, 11) is 0. The van der Waals surface area contributed by atoms with Crippen LogP contribution in [0.3, 0.4) is 0 Å². The van der Waals surface area contributed by atoms with Crippen molar-refractivity contribution in [1.29, 1.82) is 0 Å². The molecule has 0 aliphatic carbocycles. The summed E-state index contributed by atoms with van der Waals surface area (Å²) in [6.07, 6.45) is 27.2. The van der Waals surface area contributed by atoms with E-state index in [4.69, 9.17) is 0 Å². The van der Waals surface area contributed by atoms with E-state index < -0.39 is 0 Å². The molecule has 0 aliphatic heterocycles. The van der Waals surface area contributed by atoms with Gasteiger partial charge in [-0.05, 0) is 38.5 Å². The molecule has 0 saturated heterocycles. The Kier molecular flexibility index (Phi) is 20.0. The molecule has 0 heterocycles. The fraction of sp³-hybridized carbons (Fsp3) is 0.870. The fourth-order valence-corrected chi connectivity index (χ4v) is 3.07. The van der Waals surface area contributed by atoms with Crippen LogP contribution >= 0.6 is 0 Å². The first-order valence-electron chi connectivity index (χ1n) is 11.0. The molecule has 0 aromatic carbocycles. The van der Waals surface area contributed by atoms with Crippen molar-refractivity contribution in [3.05, 3.63) is 12.2 Å². The van der Waals surface area contributed by atoms with Crippen LogP contribution in [0.2, 0.25) is 0 Å². The Hall–Kier alpha value is -0.590. The van der Waals surface area contributed by atoms with Crippen LogP contribution in [0.15, 0.2) is 12.2 Å². The van der Waals surface area contributed by atoms with Crippen LogP contribution in [0.25, 0.3) is 0 Å². The minimum absolute atomic E-state index is 0.479. The van der Waals surface area contributed by atoms with E-state index >= 15 is 0 Å². The molecule has 0 aliphatic rings. The van der Waals surface area contributed by atoms with Crippen molar-refractivity contribution >= 4 is 5.78 Å². The number of Topliss-reactive ketones (excluding diaryl/α,β-unsaturated/α-hetero) is 1. The Bertz CT molecular complexity index is 280. The van der Waals surface area contributed by atoms with Crippen LogP contribution in [0.1, 0.15) is 129 Å². The van der Waals surface area contributed by atoms with Crippen LogP contribution in [0.4, 0.5) is 0 Å². The quantitative estimate of drug-likeness (QED) is 0.172. The van der Waals surface area contributed by atoms with E-state index in [9.17, 15) is 4.79 Å². The molecule has 0 radical (unpaired) electrons. The third-order valence-electron chi connectivity index (χ3n) is 4.78. The molecule has 24 heavy (non-hydrogen) atoms. The molecule has 0 aromatic heterocycles. The van der Waals surface area contributed by atoms with Crippen molar-refractivity contribution in [2.75, 3.05) is 0 Å². The predicted octanol–water partition coefficient (Wildman–Crippen LogP) is 8.17. The highest BCUT2D eigenvalue weighted by molar-refractivity contribution is 5.78. The Balaban J connectivity index is 3.14. The van der Waals surface area contributed by atoms with Crippen molar-refractivity contribution in [3.8, 4) is 0 Å². The molecule has 0 unspecified atom stereocenters. The summed E-state index contributed by atoms with van der Waals surface area (Å²) in [5, 5.41) is 0. The molecule has 0 fully saturated rings. The monoisotopic (exact) mass is 336 g/mol. The third kappa shape index (κ3) is 19.5. The van der Waals surface area contributed by atoms with Crippen molar-refractivity contribution in [2.24, 2.45) is 0 Å². The summed E-state index contributed by atoms with van der Waals surface area (Å²) in [6.45, 7) is 4.43. The molecule has 0 spiro atoms. The van der Waals surface area contributed by atoms with Gasteiger partial charge in [0.1, 0.15) is 5.78 Å². The van der Waals surface area contributed by atoms with Crippen LogP contribution in [-0.4, -0.2) is 5.78 Å². The fourth-order valence-electron chi connectivity index (χ4n) is 3.07. The Morgan fingerprint density at radius 2 is 0.958 bits per heavy atom. The average Bonchev–Trinajstić information content (AvgIpc) is 2.59. The lowest BCUT2D eigenvalue weighted by Gasteiger charge is -2.01. The van der Waals surface area contributed by atoms with Crippen LogP contribution < -0.4 is 0 Å². The minimum Gasteiger partial charge on any atom is -0.300 e. The van der Waals surface area contributed by atoms with Gasteiger partial charge in [0.2, 0.25) is 0 Å². The van der Waals surface area contributed by atoms with Crippen molar-refractivity contribution in [3.63, 3.8) is 0 Å². The first-order chi connectivity index (χ1) is 11.8. The SMILES string of the molecule is CCCCCCCC/C=C\CCCCCCCCC(=O)CCCC. The van der Waals surface area contributed by atoms with E-state index in [1.165, 1.54) is 83.5 Å². The molecule has 0 bridgehead atoms. The van der Waals surface area contributed by atoms with Crippen LogP contribution in [-0.2, 0) is 4.79 Å². The second-order valence-electron chi connectivity index (χ2n) is 7.33. The lowest BCUT2D eigenvalue weighted by molar-refractivity contribution is -0.119. The number of hydrogen-bond acceptors (Lipinski definition) is 1. The van der Waals surface area contributed by atoms with Gasteiger partial charge >= 0.3 is 0 Å². The van der Waals surface area contributed by atoms with Gasteiger partial charge in [0, 0.05) is 12.8 Å². The zero-order chi connectivity index (χ0) is 17.7. The highest BCUT2D eigenvalue weighted by atomic mass is 16.1. The summed E-state index contributed by atoms with van der Waals surface area (Å²) in [5.41, 5.74) is 0. The number of hydrogen-bond donors (Lipinski definition) is 0. The largest absolute Gasteiger partial charge is 0.300 e. The number of carbonyl (C=O) groups excluding carboxylic acids is 1. The van der Waals surface area contributed by atoms with Gasteiger partial charge in [-0.1, -0.05) is 90.2 Å². The smallest absolute Gasteiger partial charge is 0.132 e. The van der Waals surface area contributed by atoms with Crippen molar-refractivity contribution in [1.82, 2.24) is 0 Å². The summed E-state index contributed by atoms with van der Waals surface area (Å²) in [4.78, 5) is 11.5. The molecule has 0 saturated carbocycles. The Morgan fingerprint density at radius 1 is 0.542 bits per heavy atom. The van der Waals surface area contributed by atoms with Gasteiger partial charge < -0.3 is 0 Å². The Labute approximate surface area is 152 Å². The average molecular weight is 337 g/mol. The molecule has 1 heteroatoms. The van der Waals surface area contributed by atoms with E-state index in [1.807, 2.05) is 0 Å². The topological polar surface area (TPSA) is 17.1 Å². The first kappa shape index (κ1) is 23.4. The van der Waals surface area contributed by atoms with Gasteiger partial charge in [-0.25, -0.2) is 0 Å². The molecule has 1 nitrogen and oxygen atoms in total. The van der Waals surface area contributed by atoms with E-state index in [0.717, 1.165) is 32.1 Å². The second-order valence-corrected chi connectivity index (χ2v) is 7.33. The maximum Gasteiger partial charge on any atom is 0.132 e. The van der Waals surface area contributed by atoms with E-state index in [0.29, 0.717) is 5.78 Å². The molecule has 0 amide bonds. The van der Waals surface area contributed by atoms with Gasteiger partial charge in [-0.3, -0.25) is 4.79 Å². The van der Waals surface area contributed by atoms with Gasteiger partial charge in [0.15, 0.2) is 0 Å². The molecule has 142 valence electrons. The molecule has 0 aromatic rings. The number of rotatable bonds is 19. The van der Waals surface area contributed by atoms with Crippen molar-refractivity contribution in [2.45, 2.75) is 129 Å². The minimum atomic E-state index is 0.479. The molecular weight excluding hydrogens is 292 g/mol. The number of unbranched alkanes of at least 4 members (excludes halogenated alkanes) is 13. The number of ketones is 1. The van der Waals surface area contributed by atoms with Crippen LogP contribution in [0.5, 0.6) is 0 Å². The van der Waals surface area contributed by atoms with Crippen molar-refractivity contribution < 1.29 is 4.79 Å². The van der Waals surface area contributed by atoms with E-state index in [2.05, 4.69) is 26.0 Å². The highest BCUT2D eigenvalue weighted by Gasteiger charge is 2.00. The summed E-state index contributed by atoms with van der Waals surface area (Å²) in [5.74, 6) is 0.479. The lowest BCUT2D eigenvalue weighted by atomic mass is 10.0. The maximum absolute atomic E-state index is 11.5. The summed E-state index contributed by atoms with van der Waals surface area (Å²) in [6, 6.07) is 0. The molecule has 0 N–H and O–H groups in total. The summed E-state index contributed by atoms with van der Waals surface area (Å²) >= 11 is 0. The first-order valence-corrected chi connectivity index (χ1v) is 11.0. The highest BCUT2D eigenvalue weighted by Crippen LogP contribution is 2.11. The zero-order valence-corrected chi connectivity index (χ0v) is 16.8. The van der Waals surface area contributed by atoms with Gasteiger partial charge in [0.05, 0.1) is 0 Å². The third-order valence-corrected chi connectivity index (χ3v) is 4.78.